The predicted molar refractivity (Wildman–Crippen MR) is 99.6 cm³/mol. The van der Waals surface area contributed by atoms with Gasteiger partial charge >= 0.3 is 0 Å². The van der Waals surface area contributed by atoms with E-state index in [1.54, 1.807) is 11.3 Å². The average molecular weight is 346 g/mol. The van der Waals surface area contributed by atoms with Crippen LogP contribution in [0.5, 0.6) is 0 Å². The van der Waals surface area contributed by atoms with E-state index in [0.717, 1.165) is 61.8 Å². The van der Waals surface area contributed by atoms with E-state index in [1.807, 2.05) is 15.6 Å². The van der Waals surface area contributed by atoms with Gasteiger partial charge < -0.3 is 4.90 Å². The summed E-state index contributed by atoms with van der Waals surface area (Å²) in [5.41, 5.74) is 2.83. The number of aromatic nitrogens is 2. The first-order chi connectivity index (χ1) is 11.5. The summed E-state index contributed by atoms with van der Waals surface area (Å²) in [7, 11) is 0. The summed E-state index contributed by atoms with van der Waals surface area (Å²) in [6.07, 6.45) is 3.17. The Morgan fingerprint density at radius 2 is 2.00 bits per heavy atom. The summed E-state index contributed by atoms with van der Waals surface area (Å²) in [6.45, 7) is 11.1. The number of aryl methyl sites for hydroxylation is 3. The van der Waals surface area contributed by atoms with Gasteiger partial charge in [-0.2, -0.15) is 5.10 Å². The molecule has 0 spiro atoms. The third-order valence-corrected chi connectivity index (χ3v) is 5.79. The van der Waals surface area contributed by atoms with Gasteiger partial charge in [0.05, 0.1) is 5.69 Å². The fourth-order valence-corrected chi connectivity index (χ4v) is 4.29. The van der Waals surface area contributed by atoms with Crippen LogP contribution in [-0.2, 0) is 6.54 Å². The van der Waals surface area contributed by atoms with Gasteiger partial charge in [-0.15, -0.1) is 11.3 Å². The first-order valence-corrected chi connectivity index (χ1v) is 9.75. The number of carbonyl (C=O) groups excluding carboxylic acids is 1. The van der Waals surface area contributed by atoms with Crippen molar-refractivity contribution in [3.05, 3.63) is 27.6 Å². The van der Waals surface area contributed by atoms with Crippen molar-refractivity contribution in [3.63, 3.8) is 0 Å². The zero-order valence-electron chi connectivity index (χ0n) is 15.1. The molecule has 4 nitrogen and oxygen atoms in total. The minimum absolute atomic E-state index is 0.138. The van der Waals surface area contributed by atoms with Crippen LogP contribution < -0.4 is 0 Å². The van der Waals surface area contributed by atoms with E-state index < -0.39 is 0 Å². The molecule has 0 saturated carbocycles. The van der Waals surface area contributed by atoms with E-state index in [4.69, 9.17) is 5.10 Å². The van der Waals surface area contributed by atoms with Gasteiger partial charge in [-0.1, -0.05) is 13.8 Å². The Kier molecular flexibility index (Phi) is 5.09. The highest BCUT2D eigenvalue weighted by Gasteiger charge is 2.25. The Morgan fingerprint density at radius 1 is 1.29 bits per heavy atom. The number of hydrogen-bond acceptors (Lipinski definition) is 3. The maximum Gasteiger partial charge on any atom is 0.272 e. The van der Waals surface area contributed by atoms with E-state index in [9.17, 15) is 4.79 Å². The van der Waals surface area contributed by atoms with Gasteiger partial charge in [-0.3, -0.25) is 9.48 Å². The Labute approximate surface area is 148 Å². The van der Waals surface area contributed by atoms with Crippen LogP contribution in [0.2, 0.25) is 0 Å². The number of amides is 1. The number of thiophene rings is 1. The van der Waals surface area contributed by atoms with Crippen LogP contribution in [0.4, 0.5) is 0 Å². The largest absolute Gasteiger partial charge is 0.337 e. The molecule has 2 aromatic rings. The van der Waals surface area contributed by atoms with Crippen LogP contribution in [0.1, 0.15) is 53.4 Å². The van der Waals surface area contributed by atoms with Crippen molar-refractivity contribution in [2.75, 3.05) is 13.1 Å². The highest BCUT2D eigenvalue weighted by molar-refractivity contribution is 7.12. The lowest BCUT2D eigenvalue weighted by atomic mass is 9.99. The zero-order valence-corrected chi connectivity index (χ0v) is 15.9. The van der Waals surface area contributed by atoms with E-state index >= 15 is 0 Å². The molecule has 0 atom stereocenters. The Balaban J connectivity index is 1.91. The van der Waals surface area contributed by atoms with Gasteiger partial charge in [0.1, 0.15) is 5.69 Å². The number of likely N-dealkylation sites (tertiary alicyclic amines) is 1. The number of piperidine rings is 1. The van der Waals surface area contributed by atoms with Crippen molar-refractivity contribution < 1.29 is 4.79 Å². The normalized spacial score (nSPS) is 15.9. The molecule has 5 heteroatoms. The van der Waals surface area contributed by atoms with Crippen LogP contribution in [0.3, 0.4) is 0 Å². The number of nitrogens with zero attached hydrogens (tertiary/aromatic N) is 3. The van der Waals surface area contributed by atoms with Crippen LogP contribution in [0.25, 0.3) is 11.3 Å². The van der Waals surface area contributed by atoms with Crippen molar-refractivity contribution in [1.29, 1.82) is 0 Å². The van der Waals surface area contributed by atoms with Crippen LogP contribution >= 0.6 is 11.3 Å². The van der Waals surface area contributed by atoms with Gasteiger partial charge in [-0.05, 0) is 51.2 Å². The maximum absolute atomic E-state index is 13.0. The molecule has 1 amide bonds. The molecule has 1 saturated heterocycles. The SMILES string of the molecule is CCCn1nc(-c2cc(C)sc2C)cc1C(=O)N1CCC(C)CC1. The molecule has 0 aromatic carbocycles. The number of hydrogen-bond donors (Lipinski definition) is 0. The molecule has 0 N–H and O–H groups in total. The average Bonchev–Trinajstić information content (AvgIpc) is 3.11. The van der Waals surface area contributed by atoms with Crippen LogP contribution in [0.15, 0.2) is 12.1 Å². The van der Waals surface area contributed by atoms with Crippen molar-refractivity contribution in [2.45, 2.75) is 53.5 Å². The minimum Gasteiger partial charge on any atom is -0.337 e. The quantitative estimate of drug-likeness (QED) is 0.817. The molecule has 1 fully saturated rings. The molecule has 130 valence electrons. The Hall–Kier alpha value is -1.62. The molecule has 0 aliphatic carbocycles. The second-order valence-corrected chi connectivity index (χ2v) is 8.40. The third kappa shape index (κ3) is 3.41. The monoisotopic (exact) mass is 345 g/mol. The van der Waals surface area contributed by atoms with Crippen molar-refractivity contribution in [3.8, 4) is 11.3 Å². The molecular weight excluding hydrogens is 318 g/mol. The Bertz CT molecular complexity index is 723. The van der Waals surface area contributed by atoms with E-state index in [0.29, 0.717) is 0 Å². The lowest BCUT2D eigenvalue weighted by molar-refractivity contribution is 0.0684. The van der Waals surface area contributed by atoms with Gasteiger partial charge in [-0.25, -0.2) is 0 Å². The number of rotatable bonds is 4. The smallest absolute Gasteiger partial charge is 0.272 e. The summed E-state index contributed by atoms with van der Waals surface area (Å²) in [6, 6.07) is 4.17. The van der Waals surface area contributed by atoms with Gasteiger partial charge in [0.2, 0.25) is 0 Å². The molecule has 3 rings (SSSR count). The first kappa shape index (κ1) is 17.2. The second-order valence-electron chi connectivity index (χ2n) is 6.94. The summed E-state index contributed by atoms with van der Waals surface area (Å²) in [5.74, 6) is 0.861. The van der Waals surface area contributed by atoms with Crippen molar-refractivity contribution >= 4 is 17.2 Å². The summed E-state index contributed by atoms with van der Waals surface area (Å²) < 4.78 is 1.90. The molecule has 3 heterocycles. The number of carbonyl (C=O) groups is 1. The standard InChI is InChI=1S/C19H27N3OS/c1-5-8-22-18(19(23)21-9-6-13(2)7-10-21)12-17(20-22)16-11-14(3)24-15(16)4/h11-13H,5-10H2,1-4H3. The third-order valence-electron chi connectivity index (χ3n) is 4.82. The first-order valence-electron chi connectivity index (χ1n) is 8.94. The molecule has 24 heavy (non-hydrogen) atoms. The summed E-state index contributed by atoms with van der Waals surface area (Å²) >= 11 is 1.78. The summed E-state index contributed by atoms with van der Waals surface area (Å²) in [4.78, 5) is 17.5. The van der Waals surface area contributed by atoms with Crippen LogP contribution in [0, 0.1) is 19.8 Å². The van der Waals surface area contributed by atoms with Gasteiger partial charge in [0, 0.05) is 35.0 Å². The molecule has 1 aliphatic rings. The molecule has 0 radical (unpaired) electrons. The van der Waals surface area contributed by atoms with Crippen molar-refractivity contribution in [2.24, 2.45) is 5.92 Å². The Morgan fingerprint density at radius 3 is 2.58 bits per heavy atom. The molecule has 0 bridgehead atoms. The van der Waals surface area contributed by atoms with Gasteiger partial charge in [0.15, 0.2) is 0 Å². The fraction of sp³-hybridized carbons (Fsp3) is 0.579. The maximum atomic E-state index is 13.0. The predicted octanol–water partition coefficient (Wildman–Crippen LogP) is 4.51. The fourth-order valence-electron chi connectivity index (χ4n) is 3.36. The highest BCUT2D eigenvalue weighted by Crippen LogP contribution is 2.30. The van der Waals surface area contributed by atoms with Crippen LogP contribution in [-0.4, -0.2) is 33.7 Å². The minimum atomic E-state index is 0.138. The molecule has 0 unspecified atom stereocenters. The second kappa shape index (κ2) is 7.09. The summed E-state index contributed by atoms with van der Waals surface area (Å²) in [5, 5.41) is 4.75. The highest BCUT2D eigenvalue weighted by atomic mass is 32.1. The van der Waals surface area contributed by atoms with E-state index in [1.165, 1.54) is 9.75 Å². The topological polar surface area (TPSA) is 38.1 Å². The van der Waals surface area contributed by atoms with Gasteiger partial charge in [0.25, 0.3) is 5.91 Å². The molecule has 1 aliphatic heterocycles. The molecular formula is C19H27N3OS. The lowest BCUT2D eigenvalue weighted by Crippen LogP contribution is -2.38. The lowest BCUT2D eigenvalue weighted by Gasteiger charge is -2.30. The van der Waals surface area contributed by atoms with E-state index in [2.05, 4.69) is 33.8 Å². The van der Waals surface area contributed by atoms with E-state index in [-0.39, 0.29) is 5.91 Å². The zero-order chi connectivity index (χ0) is 17.3. The van der Waals surface area contributed by atoms with Crippen molar-refractivity contribution in [1.82, 2.24) is 14.7 Å². The molecule has 2 aromatic heterocycles.